The van der Waals surface area contributed by atoms with Gasteiger partial charge in [-0.2, -0.15) is 5.10 Å². The normalized spacial score (nSPS) is 11.7. The van der Waals surface area contributed by atoms with Gasteiger partial charge in [0.15, 0.2) is 0 Å². The fourth-order valence-electron chi connectivity index (χ4n) is 2.76. The fraction of sp³-hybridized carbons (Fsp3) is 0.200. The van der Waals surface area contributed by atoms with E-state index in [4.69, 9.17) is 0 Å². The maximum Gasteiger partial charge on any atom is 0.269 e. The number of carbonyl (C=O) groups is 1. The van der Waals surface area contributed by atoms with E-state index in [2.05, 4.69) is 29.5 Å². The zero-order valence-electron chi connectivity index (χ0n) is 14.9. The van der Waals surface area contributed by atoms with E-state index in [0.717, 1.165) is 6.42 Å². The first-order valence-corrected chi connectivity index (χ1v) is 8.67. The smallest absolute Gasteiger partial charge is 0.269 e. The predicted octanol–water partition coefficient (Wildman–Crippen LogP) is 3.70. The summed E-state index contributed by atoms with van der Waals surface area (Å²) in [5.41, 5.74) is 2.35. The summed E-state index contributed by atoms with van der Waals surface area (Å²) < 4.78 is 1.52. The van der Waals surface area contributed by atoms with Gasteiger partial charge in [-0.15, -0.1) is 0 Å². The van der Waals surface area contributed by atoms with E-state index in [0.29, 0.717) is 23.7 Å². The van der Waals surface area contributed by atoms with Crippen molar-refractivity contribution < 1.29 is 9.72 Å². The van der Waals surface area contributed by atoms with Crippen LogP contribution in [0.25, 0.3) is 5.69 Å². The molecular weight excluding hydrogens is 344 g/mol. The van der Waals surface area contributed by atoms with Gasteiger partial charge in [0.05, 0.1) is 22.4 Å². The Balaban J connectivity index is 1.56. The highest BCUT2D eigenvalue weighted by atomic mass is 16.6. The minimum Gasteiger partial charge on any atom is -0.352 e. The third-order valence-corrected chi connectivity index (χ3v) is 4.40. The molecule has 0 aliphatic carbocycles. The van der Waals surface area contributed by atoms with Crippen molar-refractivity contribution in [1.29, 1.82) is 0 Å². The molecule has 0 aliphatic heterocycles. The van der Waals surface area contributed by atoms with E-state index in [1.54, 1.807) is 18.3 Å². The molecule has 0 spiro atoms. The predicted molar refractivity (Wildman–Crippen MR) is 102 cm³/mol. The molecule has 7 heteroatoms. The molecule has 1 atom stereocenters. The molecule has 0 radical (unpaired) electrons. The first-order chi connectivity index (χ1) is 13.0. The maximum absolute atomic E-state index is 12.3. The van der Waals surface area contributed by atoms with Crippen molar-refractivity contribution in [2.75, 3.05) is 6.54 Å². The van der Waals surface area contributed by atoms with Crippen LogP contribution in [0.15, 0.2) is 67.0 Å². The lowest BCUT2D eigenvalue weighted by atomic mass is 9.98. The number of benzene rings is 2. The lowest BCUT2D eigenvalue weighted by Crippen LogP contribution is -2.25. The Morgan fingerprint density at radius 2 is 1.89 bits per heavy atom. The minimum absolute atomic E-state index is 0.0106. The molecule has 1 unspecified atom stereocenters. The maximum atomic E-state index is 12.3. The van der Waals surface area contributed by atoms with Crippen molar-refractivity contribution in [3.05, 3.63) is 88.2 Å². The van der Waals surface area contributed by atoms with Crippen LogP contribution in [0.4, 0.5) is 5.69 Å². The Morgan fingerprint density at radius 3 is 2.56 bits per heavy atom. The van der Waals surface area contributed by atoms with Crippen LogP contribution in [0.1, 0.15) is 35.2 Å². The number of nitrogens with zero attached hydrogens (tertiary/aromatic N) is 3. The molecule has 1 aromatic heterocycles. The van der Waals surface area contributed by atoms with Crippen LogP contribution in [0.2, 0.25) is 0 Å². The van der Waals surface area contributed by atoms with E-state index in [9.17, 15) is 14.9 Å². The zero-order valence-corrected chi connectivity index (χ0v) is 14.9. The van der Waals surface area contributed by atoms with Gasteiger partial charge in [-0.25, -0.2) is 4.68 Å². The van der Waals surface area contributed by atoms with Crippen LogP contribution >= 0.6 is 0 Å². The van der Waals surface area contributed by atoms with Crippen LogP contribution in [0.3, 0.4) is 0 Å². The molecule has 0 saturated carbocycles. The van der Waals surface area contributed by atoms with Crippen LogP contribution < -0.4 is 5.32 Å². The third kappa shape index (κ3) is 4.58. The summed E-state index contributed by atoms with van der Waals surface area (Å²) in [6.45, 7) is 2.70. The fourth-order valence-corrected chi connectivity index (χ4v) is 2.76. The van der Waals surface area contributed by atoms with E-state index < -0.39 is 4.92 Å². The number of rotatable bonds is 7. The van der Waals surface area contributed by atoms with Gasteiger partial charge in [0.25, 0.3) is 11.6 Å². The van der Waals surface area contributed by atoms with Crippen LogP contribution in [0, 0.1) is 10.1 Å². The second-order valence-corrected chi connectivity index (χ2v) is 6.30. The molecule has 1 amide bonds. The molecular formula is C20H20N4O3. The van der Waals surface area contributed by atoms with E-state index in [1.165, 1.54) is 28.6 Å². The van der Waals surface area contributed by atoms with Crippen molar-refractivity contribution in [3.8, 4) is 5.69 Å². The summed E-state index contributed by atoms with van der Waals surface area (Å²) >= 11 is 0. The quantitative estimate of drug-likeness (QED) is 0.511. The summed E-state index contributed by atoms with van der Waals surface area (Å²) in [7, 11) is 0. The molecule has 1 heterocycles. The number of aromatic nitrogens is 2. The highest BCUT2D eigenvalue weighted by Gasteiger charge is 2.11. The number of nitrogens with one attached hydrogen (secondary N) is 1. The zero-order chi connectivity index (χ0) is 19.2. The van der Waals surface area contributed by atoms with Gasteiger partial charge in [0, 0.05) is 24.9 Å². The Labute approximate surface area is 156 Å². The average Bonchev–Trinajstić information content (AvgIpc) is 3.19. The highest BCUT2D eigenvalue weighted by molar-refractivity contribution is 5.93. The highest BCUT2D eigenvalue weighted by Crippen LogP contribution is 2.18. The first kappa shape index (κ1) is 18.3. The van der Waals surface area contributed by atoms with Crippen LogP contribution in [-0.2, 0) is 0 Å². The molecule has 7 nitrogen and oxygen atoms in total. The number of non-ortho nitro benzene ring substituents is 1. The first-order valence-electron chi connectivity index (χ1n) is 8.67. The monoisotopic (exact) mass is 364 g/mol. The summed E-state index contributed by atoms with van der Waals surface area (Å²) in [6, 6.07) is 16.2. The Hall–Kier alpha value is -3.48. The van der Waals surface area contributed by atoms with Crippen LogP contribution in [0.5, 0.6) is 0 Å². The second kappa shape index (κ2) is 8.27. The molecule has 2 aromatic carbocycles. The van der Waals surface area contributed by atoms with E-state index in [-0.39, 0.29) is 11.6 Å². The van der Waals surface area contributed by atoms with Crippen molar-refractivity contribution in [2.45, 2.75) is 19.3 Å². The molecule has 0 bridgehead atoms. The van der Waals surface area contributed by atoms with Gasteiger partial charge >= 0.3 is 0 Å². The van der Waals surface area contributed by atoms with Gasteiger partial charge in [0.1, 0.15) is 0 Å². The minimum atomic E-state index is -0.456. The molecule has 3 rings (SSSR count). The topological polar surface area (TPSA) is 90.1 Å². The van der Waals surface area contributed by atoms with Gasteiger partial charge < -0.3 is 5.32 Å². The summed E-state index contributed by atoms with van der Waals surface area (Å²) in [5, 5.41) is 17.8. The average molecular weight is 364 g/mol. The molecule has 1 N–H and O–H groups in total. The molecule has 0 fully saturated rings. The lowest BCUT2D eigenvalue weighted by molar-refractivity contribution is -0.384. The molecule has 0 aliphatic rings. The van der Waals surface area contributed by atoms with Crippen molar-refractivity contribution in [1.82, 2.24) is 15.1 Å². The Kier molecular flexibility index (Phi) is 5.61. The van der Waals surface area contributed by atoms with Crippen LogP contribution in [-0.4, -0.2) is 27.2 Å². The van der Waals surface area contributed by atoms with E-state index >= 15 is 0 Å². The molecule has 138 valence electrons. The van der Waals surface area contributed by atoms with Gasteiger partial charge in [-0.3, -0.25) is 14.9 Å². The number of hydrogen-bond acceptors (Lipinski definition) is 4. The number of hydrogen-bond donors (Lipinski definition) is 1. The van der Waals surface area contributed by atoms with Crippen molar-refractivity contribution in [3.63, 3.8) is 0 Å². The molecule has 0 saturated heterocycles. The SMILES string of the molecule is CC(CCNC(=O)c1cnn(-c2ccc([N+](=O)[O-])cc2)c1)c1ccccc1. The summed E-state index contributed by atoms with van der Waals surface area (Å²) in [5.74, 6) is 0.165. The van der Waals surface area contributed by atoms with E-state index in [1.807, 2.05) is 18.2 Å². The van der Waals surface area contributed by atoms with Gasteiger partial charge in [-0.05, 0) is 30.0 Å². The number of nitro groups is 1. The largest absolute Gasteiger partial charge is 0.352 e. The van der Waals surface area contributed by atoms with Crippen molar-refractivity contribution >= 4 is 11.6 Å². The molecule has 3 aromatic rings. The third-order valence-electron chi connectivity index (χ3n) is 4.40. The summed E-state index contributed by atoms with van der Waals surface area (Å²) in [6.07, 6.45) is 3.93. The van der Waals surface area contributed by atoms with Gasteiger partial charge in [0.2, 0.25) is 0 Å². The standard InChI is InChI=1S/C20H20N4O3/c1-15(16-5-3-2-4-6-16)11-12-21-20(25)17-13-22-23(14-17)18-7-9-19(10-8-18)24(26)27/h2-10,13-15H,11-12H2,1H3,(H,21,25). The number of carbonyl (C=O) groups excluding carboxylic acids is 1. The molecule has 27 heavy (non-hydrogen) atoms. The lowest BCUT2D eigenvalue weighted by Gasteiger charge is -2.12. The number of nitro benzene ring substituents is 1. The second-order valence-electron chi connectivity index (χ2n) is 6.30. The Morgan fingerprint density at radius 1 is 1.19 bits per heavy atom. The Bertz CT molecular complexity index is 920. The number of amides is 1. The summed E-state index contributed by atoms with van der Waals surface area (Å²) in [4.78, 5) is 22.6. The van der Waals surface area contributed by atoms with Gasteiger partial charge in [-0.1, -0.05) is 37.3 Å². The van der Waals surface area contributed by atoms with Crippen molar-refractivity contribution in [2.24, 2.45) is 0 Å².